The molecule has 2 rings (SSSR count). The van der Waals surface area contributed by atoms with E-state index in [-0.39, 0.29) is 23.1 Å². The molecule has 1 aromatic rings. The van der Waals surface area contributed by atoms with Crippen LogP contribution in [0.3, 0.4) is 0 Å². The zero-order valence-corrected chi connectivity index (χ0v) is 15.6. The van der Waals surface area contributed by atoms with Crippen molar-refractivity contribution in [3.8, 4) is 0 Å². The van der Waals surface area contributed by atoms with E-state index in [1.807, 2.05) is 30.0 Å². The predicted octanol–water partition coefficient (Wildman–Crippen LogP) is 4.24. The van der Waals surface area contributed by atoms with Gasteiger partial charge in [-0.25, -0.2) is 0 Å². The smallest absolute Gasteiger partial charge is 0.256 e. The van der Waals surface area contributed by atoms with E-state index in [0.717, 1.165) is 31.5 Å². The maximum absolute atomic E-state index is 12.8. The molecule has 1 aromatic carbocycles. The van der Waals surface area contributed by atoms with E-state index >= 15 is 0 Å². The Balaban J connectivity index is 2.17. The van der Waals surface area contributed by atoms with Gasteiger partial charge in [0.25, 0.3) is 5.91 Å². The van der Waals surface area contributed by atoms with Crippen molar-refractivity contribution in [2.45, 2.75) is 53.9 Å². The van der Waals surface area contributed by atoms with Gasteiger partial charge in [-0.2, -0.15) is 0 Å². The van der Waals surface area contributed by atoms with Gasteiger partial charge in [0.15, 0.2) is 0 Å². The summed E-state index contributed by atoms with van der Waals surface area (Å²) in [6.45, 7) is 12.0. The standard InChI is InChI=1S/C20H30N2O2/c1-14-9-8-10-16(18(14)19(24)22-11-6-7-12-22)21-17(23)13-15(2)20(3,4)5/h8-10,15H,6-7,11-13H2,1-5H3,(H,21,23). The highest BCUT2D eigenvalue weighted by molar-refractivity contribution is 6.05. The Morgan fingerprint density at radius 3 is 2.42 bits per heavy atom. The van der Waals surface area contributed by atoms with Gasteiger partial charge in [0.2, 0.25) is 5.91 Å². The van der Waals surface area contributed by atoms with Crippen LogP contribution < -0.4 is 5.32 Å². The number of nitrogens with zero attached hydrogens (tertiary/aromatic N) is 1. The highest BCUT2D eigenvalue weighted by Gasteiger charge is 2.26. The number of amides is 2. The molecule has 0 bridgehead atoms. The quantitative estimate of drug-likeness (QED) is 0.897. The first-order valence-electron chi connectivity index (χ1n) is 8.89. The van der Waals surface area contributed by atoms with E-state index in [9.17, 15) is 9.59 Å². The van der Waals surface area contributed by atoms with Crippen molar-refractivity contribution in [3.63, 3.8) is 0 Å². The summed E-state index contributed by atoms with van der Waals surface area (Å²) in [4.78, 5) is 27.2. The average Bonchev–Trinajstić information content (AvgIpc) is 2.99. The lowest BCUT2D eigenvalue weighted by atomic mass is 9.80. The number of hydrogen-bond donors (Lipinski definition) is 1. The third-order valence-corrected chi connectivity index (χ3v) is 5.12. The molecule has 4 heteroatoms. The molecule has 0 aliphatic carbocycles. The Morgan fingerprint density at radius 2 is 1.83 bits per heavy atom. The van der Waals surface area contributed by atoms with E-state index in [2.05, 4.69) is 33.0 Å². The minimum absolute atomic E-state index is 0.0292. The number of nitrogens with one attached hydrogen (secondary N) is 1. The Bertz CT molecular complexity index is 611. The second kappa shape index (κ2) is 7.37. The summed E-state index contributed by atoms with van der Waals surface area (Å²) < 4.78 is 0. The molecule has 132 valence electrons. The first-order chi connectivity index (χ1) is 11.2. The number of anilines is 1. The SMILES string of the molecule is Cc1cccc(NC(=O)CC(C)C(C)(C)C)c1C(=O)N1CCCC1. The molecule has 2 amide bonds. The summed E-state index contributed by atoms with van der Waals surface area (Å²) >= 11 is 0. The molecule has 1 heterocycles. The van der Waals surface area contributed by atoms with Gasteiger partial charge in [0.1, 0.15) is 0 Å². The Labute approximate surface area is 145 Å². The maximum Gasteiger partial charge on any atom is 0.256 e. The summed E-state index contributed by atoms with van der Waals surface area (Å²) in [6, 6.07) is 5.64. The monoisotopic (exact) mass is 330 g/mol. The number of aryl methyl sites for hydroxylation is 1. The number of likely N-dealkylation sites (tertiary alicyclic amines) is 1. The fourth-order valence-corrected chi connectivity index (χ4v) is 2.92. The number of rotatable bonds is 4. The van der Waals surface area contributed by atoms with Crippen LogP contribution in [0, 0.1) is 18.3 Å². The molecule has 1 N–H and O–H groups in total. The molecule has 1 atom stereocenters. The third-order valence-electron chi connectivity index (χ3n) is 5.12. The lowest BCUT2D eigenvalue weighted by Gasteiger charge is -2.27. The Hall–Kier alpha value is -1.84. The van der Waals surface area contributed by atoms with Gasteiger partial charge in [-0.05, 0) is 42.7 Å². The van der Waals surface area contributed by atoms with Crippen molar-refractivity contribution < 1.29 is 9.59 Å². The van der Waals surface area contributed by atoms with Crippen LogP contribution >= 0.6 is 0 Å². The second-order valence-electron chi connectivity index (χ2n) is 8.02. The number of benzene rings is 1. The van der Waals surface area contributed by atoms with E-state index < -0.39 is 0 Å². The van der Waals surface area contributed by atoms with Gasteiger partial charge in [0, 0.05) is 19.5 Å². The molecular formula is C20H30N2O2. The fourth-order valence-electron chi connectivity index (χ4n) is 2.92. The molecule has 0 radical (unpaired) electrons. The van der Waals surface area contributed by atoms with Crippen LogP contribution in [0.15, 0.2) is 18.2 Å². The highest BCUT2D eigenvalue weighted by atomic mass is 16.2. The molecule has 0 saturated carbocycles. The molecule has 0 spiro atoms. The van der Waals surface area contributed by atoms with E-state index in [1.165, 1.54) is 0 Å². The minimum Gasteiger partial charge on any atom is -0.339 e. The van der Waals surface area contributed by atoms with Crippen LogP contribution in [-0.2, 0) is 4.79 Å². The van der Waals surface area contributed by atoms with Crippen molar-refractivity contribution in [2.24, 2.45) is 11.3 Å². The highest BCUT2D eigenvalue weighted by Crippen LogP contribution is 2.29. The lowest BCUT2D eigenvalue weighted by Crippen LogP contribution is -2.30. The number of carbonyl (C=O) groups excluding carboxylic acids is 2. The van der Waals surface area contributed by atoms with Crippen molar-refractivity contribution in [1.29, 1.82) is 0 Å². The molecule has 24 heavy (non-hydrogen) atoms. The molecule has 1 fully saturated rings. The van der Waals surface area contributed by atoms with Crippen LogP contribution in [0.5, 0.6) is 0 Å². The van der Waals surface area contributed by atoms with Crippen molar-refractivity contribution in [2.75, 3.05) is 18.4 Å². The average molecular weight is 330 g/mol. The molecule has 1 saturated heterocycles. The summed E-state index contributed by atoms with van der Waals surface area (Å²) in [6.07, 6.45) is 2.57. The van der Waals surface area contributed by atoms with Crippen molar-refractivity contribution >= 4 is 17.5 Å². The second-order valence-corrected chi connectivity index (χ2v) is 8.02. The maximum atomic E-state index is 12.8. The van der Waals surface area contributed by atoms with E-state index in [0.29, 0.717) is 17.7 Å². The van der Waals surface area contributed by atoms with E-state index in [4.69, 9.17) is 0 Å². The van der Waals surface area contributed by atoms with Crippen LogP contribution in [0.1, 0.15) is 62.9 Å². The van der Waals surface area contributed by atoms with Crippen LogP contribution in [0.4, 0.5) is 5.69 Å². The van der Waals surface area contributed by atoms with Gasteiger partial charge < -0.3 is 10.2 Å². The zero-order chi connectivity index (χ0) is 17.9. The van der Waals surface area contributed by atoms with Crippen LogP contribution in [0.25, 0.3) is 0 Å². The number of hydrogen-bond acceptors (Lipinski definition) is 2. The molecule has 0 aromatic heterocycles. The largest absolute Gasteiger partial charge is 0.339 e. The lowest BCUT2D eigenvalue weighted by molar-refractivity contribution is -0.117. The molecule has 1 aliphatic rings. The van der Waals surface area contributed by atoms with Gasteiger partial charge >= 0.3 is 0 Å². The zero-order valence-electron chi connectivity index (χ0n) is 15.6. The van der Waals surface area contributed by atoms with Gasteiger partial charge in [-0.1, -0.05) is 39.8 Å². The number of carbonyl (C=O) groups is 2. The van der Waals surface area contributed by atoms with Crippen LogP contribution in [-0.4, -0.2) is 29.8 Å². The normalized spacial score (nSPS) is 16.1. The van der Waals surface area contributed by atoms with E-state index in [1.54, 1.807) is 0 Å². The molecule has 1 unspecified atom stereocenters. The Kier molecular flexibility index (Phi) is 5.68. The first kappa shape index (κ1) is 18.5. The summed E-state index contributed by atoms with van der Waals surface area (Å²) in [5.74, 6) is 0.267. The van der Waals surface area contributed by atoms with Gasteiger partial charge in [-0.15, -0.1) is 0 Å². The summed E-state index contributed by atoms with van der Waals surface area (Å²) in [5, 5.41) is 2.97. The predicted molar refractivity (Wildman–Crippen MR) is 98.2 cm³/mol. The first-order valence-corrected chi connectivity index (χ1v) is 8.89. The minimum atomic E-state index is -0.0292. The molecule has 1 aliphatic heterocycles. The molecule has 4 nitrogen and oxygen atoms in total. The van der Waals surface area contributed by atoms with Gasteiger partial charge in [0.05, 0.1) is 11.3 Å². The molecular weight excluding hydrogens is 300 g/mol. The van der Waals surface area contributed by atoms with Gasteiger partial charge in [-0.3, -0.25) is 9.59 Å². The third kappa shape index (κ3) is 4.37. The van der Waals surface area contributed by atoms with Crippen LogP contribution in [0.2, 0.25) is 0 Å². The van der Waals surface area contributed by atoms with Crippen molar-refractivity contribution in [1.82, 2.24) is 4.90 Å². The fraction of sp³-hybridized carbons (Fsp3) is 0.600. The topological polar surface area (TPSA) is 49.4 Å². The van der Waals surface area contributed by atoms with Crippen molar-refractivity contribution in [3.05, 3.63) is 29.3 Å². The summed E-state index contributed by atoms with van der Waals surface area (Å²) in [7, 11) is 0. The Morgan fingerprint density at radius 1 is 1.21 bits per heavy atom. The summed E-state index contributed by atoms with van der Waals surface area (Å²) in [5.41, 5.74) is 2.26.